The number of hydrogen-bond donors (Lipinski definition) is 1. The molecule has 108 valence electrons. The van der Waals surface area contributed by atoms with Gasteiger partial charge in [-0.2, -0.15) is 0 Å². The largest absolute Gasteiger partial charge is 0.493 e. The summed E-state index contributed by atoms with van der Waals surface area (Å²) in [6.45, 7) is 0.210. The number of nitro groups is 1. The van der Waals surface area contributed by atoms with Crippen LogP contribution in [-0.4, -0.2) is 31.8 Å². The van der Waals surface area contributed by atoms with Crippen molar-refractivity contribution in [2.24, 2.45) is 0 Å². The van der Waals surface area contributed by atoms with E-state index in [1.165, 1.54) is 26.4 Å². The Morgan fingerprint density at radius 3 is 2.55 bits per heavy atom. The lowest BCUT2D eigenvalue weighted by atomic mass is 10.0. The predicted octanol–water partition coefficient (Wildman–Crippen LogP) is 1.78. The van der Waals surface area contributed by atoms with Crippen molar-refractivity contribution in [3.8, 4) is 11.5 Å². The summed E-state index contributed by atoms with van der Waals surface area (Å²) in [6, 6.07) is 2.31. The van der Waals surface area contributed by atoms with Crippen LogP contribution in [0.15, 0.2) is 12.1 Å². The Hall–Kier alpha value is -2.51. The number of nitrogens with zero attached hydrogens (tertiary/aromatic N) is 1. The van der Waals surface area contributed by atoms with Crippen LogP contribution < -0.4 is 14.8 Å². The highest BCUT2D eigenvalue weighted by molar-refractivity contribution is 5.69. The highest BCUT2D eigenvalue weighted by Gasteiger charge is 2.29. The normalized spacial score (nSPS) is 17.9. The molecule has 1 atom stereocenters. The maximum Gasteiger partial charge on any atom is 0.407 e. The molecule has 1 saturated heterocycles. The number of amides is 1. The molecule has 1 amide bonds. The summed E-state index contributed by atoms with van der Waals surface area (Å²) in [5, 5.41) is 13.7. The highest BCUT2D eigenvalue weighted by Crippen LogP contribution is 2.38. The van der Waals surface area contributed by atoms with Crippen LogP contribution in [0.1, 0.15) is 18.0 Å². The minimum atomic E-state index is -0.592. The number of ether oxygens (including phenoxy) is 3. The van der Waals surface area contributed by atoms with Crippen molar-refractivity contribution in [2.45, 2.75) is 12.5 Å². The van der Waals surface area contributed by atoms with Crippen LogP contribution in [-0.2, 0) is 4.74 Å². The first-order valence-corrected chi connectivity index (χ1v) is 5.90. The standard InChI is InChI=1S/C12H14N2O6/c1-18-10-5-7(8-3-4-20-12(15)13-8)9(14(16)17)6-11(10)19-2/h5-6,8H,3-4H2,1-2H3,(H,13,15)/t8-/m1/s1. The van der Waals surface area contributed by atoms with Crippen molar-refractivity contribution in [3.05, 3.63) is 27.8 Å². The molecule has 1 fully saturated rings. The molecule has 0 radical (unpaired) electrons. The fraction of sp³-hybridized carbons (Fsp3) is 0.417. The van der Waals surface area contributed by atoms with E-state index >= 15 is 0 Å². The lowest BCUT2D eigenvalue weighted by Crippen LogP contribution is -2.35. The number of carbonyl (C=O) groups is 1. The lowest BCUT2D eigenvalue weighted by Gasteiger charge is -2.24. The van der Waals surface area contributed by atoms with Gasteiger partial charge in [-0.05, 0) is 6.07 Å². The molecule has 1 N–H and O–H groups in total. The van der Waals surface area contributed by atoms with E-state index in [1.807, 2.05) is 0 Å². The Balaban J connectivity index is 2.48. The van der Waals surface area contributed by atoms with Gasteiger partial charge in [-0.25, -0.2) is 4.79 Å². The van der Waals surface area contributed by atoms with Crippen LogP contribution in [0.4, 0.5) is 10.5 Å². The third-order valence-corrected chi connectivity index (χ3v) is 3.04. The minimum Gasteiger partial charge on any atom is -0.493 e. The SMILES string of the molecule is COc1cc([C@H]2CCOC(=O)N2)c([N+](=O)[O-])cc1OC. The van der Waals surface area contributed by atoms with Gasteiger partial charge in [0.05, 0.1) is 43.4 Å². The molecular formula is C12H14N2O6. The van der Waals surface area contributed by atoms with Gasteiger partial charge in [0.15, 0.2) is 11.5 Å². The average Bonchev–Trinajstić information content (AvgIpc) is 2.45. The number of carbonyl (C=O) groups excluding carboxylic acids is 1. The molecule has 1 heterocycles. The van der Waals surface area contributed by atoms with E-state index < -0.39 is 17.1 Å². The van der Waals surface area contributed by atoms with Gasteiger partial charge in [0.1, 0.15) is 0 Å². The molecule has 0 aromatic heterocycles. The molecule has 0 aliphatic carbocycles. The van der Waals surface area contributed by atoms with Crippen molar-refractivity contribution >= 4 is 11.8 Å². The van der Waals surface area contributed by atoms with Crippen LogP contribution in [0.5, 0.6) is 11.5 Å². The highest BCUT2D eigenvalue weighted by atomic mass is 16.6. The van der Waals surface area contributed by atoms with Crippen LogP contribution in [0.25, 0.3) is 0 Å². The zero-order chi connectivity index (χ0) is 14.7. The number of rotatable bonds is 4. The summed E-state index contributed by atoms with van der Waals surface area (Å²) < 4.78 is 14.9. The van der Waals surface area contributed by atoms with Crippen molar-refractivity contribution in [2.75, 3.05) is 20.8 Å². The number of cyclic esters (lactones) is 1. The Kier molecular flexibility index (Phi) is 3.92. The van der Waals surface area contributed by atoms with Crippen LogP contribution in [0, 0.1) is 10.1 Å². The molecule has 1 aliphatic heterocycles. The first-order chi connectivity index (χ1) is 9.56. The van der Waals surface area contributed by atoms with Gasteiger partial charge < -0.3 is 19.5 Å². The second-order valence-electron chi connectivity index (χ2n) is 4.14. The number of alkyl carbamates (subject to hydrolysis) is 1. The summed E-state index contributed by atoms with van der Waals surface area (Å²) in [7, 11) is 2.84. The zero-order valence-electron chi connectivity index (χ0n) is 11.0. The quantitative estimate of drug-likeness (QED) is 0.667. The molecule has 1 aromatic carbocycles. The van der Waals surface area contributed by atoms with Gasteiger partial charge in [-0.15, -0.1) is 0 Å². The minimum absolute atomic E-state index is 0.130. The molecule has 0 spiro atoms. The second kappa shape index (κ2) is 5.64. The van der Waals surface area contributed by atoms with Gasteiger partial charge in [0.2, 0.25) is 0 Å². The average molecular weight is 282 g/mol. The second-order valence-corrected chi connectivity index (χ2v) is 4.14. The fourth-order valence-electron chi connectivity index (χ4n) is 2.08. The smallest absolute Gasteiger partial charge is 0.407 e. The first kappa shape index (κ1) is 13.9. The van der Waals surface area contributed by atoms with E-state index in [2.05, 4.69) is 5.32 Å². The zero-order valence-corrected chi connectivity index (χ0v) is 11.0. The van der Waals surface area contributed by atoms with Crippen LogP contribution in [0.2, 0.25) is 0 Å². The van der Waals surface area contributed by atoms with Gasteiger partial charge in [0, 0.05) is 6.42 Å². The number of benzene rings is 1. The Morgan fingerprint density at radius 2 is 2.00 bits per heavy atom. The van der Waals surface area contributed by atoms with Gasteiger partial charge in [0.25, 0.3) is 5.69 Å². The van der Waals surface area contributed by atoms with Crippen LogP contribution in [0.3, 0.4) is 0 Å². The van der Waals surface area contributed by atoms with E-state index in [0.717, 1.165) is 0 Å². The third kappa shape index (κ3) is 2.58. The summed E-state index contributed by atoms with van der Waals surface area (Å²) in [4.78, 5) is 21.9. The number of nitrogens with one attached hydrogen (secondary N) is 1. The molecule has 1 aromatic rings. The lowest BCUT2D eigenvalue weighted by molar-refractivity contribution is -0.385. The van der Waals surface area contributed by atoms with E-state index in [0.29, 0.717) is 17.7 Å². The van der Waals surface area contributed by atoms with E-state index in [1.54, 1.807) is 0 Å². The molecular weight excluding hydrogens is 268 g/mol. The van der Waals surface area contributed by atoms with Gasteiger partial charge in [-0.1, -0.05) is 0 Å². The maximum atomic E-state index is 11.2. The molecule has 0 saturated carbocycles. The molecule has 20 heavy (non-hydrogen) atoms. The first-order valence-electron chi connectivity index (χ1n) is 5.90. The Labute approximate surface area is 114 Å². The number of methoxy groups -OCH3 is 2. The summed E-state index contributed by atoms with van der Waals surface area (Å²) in [5.74, 6) is 0.634. The van der Waals surface area contributed by atoms with E-state index in [-0.39, 0.29) is 18.0 Å². The topological polar surface area (TPSA) is 99.9 Å². The summed E-state index contributed by atoms with van der Waals surface area (Å²) >= 11 is 0. The Morgan fingerprint density at radius 1 is 1.35 bits per heavy atom. The Bertz CT molecular complexity index is 545. The molecule has 8 heteroatoms. The summed E-state index contributed by atoms with van der Waals surface area (Å²) in [5.41, 5.74) is 0.235. The summed E-state index contributed by atoms with van der Waals surface area (Å²) in [6.07, 6.45) is -0.146. The number of hydrogen-bond acceptors (Lipinski definition) is 6. The molecule has 0 bridgehead atoms. The van der Waals surface area contributed by atoms with Crippen LogP contribution >= 0.6 is 0 Å². The molecule has 1 aliphatic rings. The van der Waals surface area contributed by atoms with Crippen molar-refractivity contribution in [1.82, 2.24) is 5.32 Å². The van der Waals surface area contributed by atoms with E-state index in [4.69, 9.17) is 14.2 Å². The van der Waals surface area contributed by atoms with Crippen molar-refractivity contribution in [1.29, 1.82) is 0 Å². The van der Waals surface area contributed by atoms with Crippen molar-refractivity contribution < 1.29 is 23.9 Å². The fourth-order valence-corrected chi connectivity index (χ4v) is 2.08. The predicted molar refractivity (Wildman–Crippen MR) is 68.0 cm³/mol. The monoisotopic (exact) mass is 282 g/mol. The van der Waals surface area contributed by atoms with Crippen molar-refractivity contribution in [3.63, 3.8) is 0 Å². The number of nitro benzene ring substituents is 1. The molecule has 2 rings (SSSR count). The van der Waals surface area contributed by atoms with Gasteiger partial charge >= 0.3 is 6.09 Å². The molecule has 8 nitrogen and oxygen atoms in total. The molecule has 0 unspecified atom stereocenters. The third-order valence-electron chi connectivity index (χ3n) is 3.04. The maximum absolute atomic E-state index is 11.2. The van der Waals surface area contributed by atoms with E-state index in [9.17, 15) is 14.9 Å². The van der Waals surface area contributed by atoms with Gasteiger partial charge in [-0.3, -0.25) is 10.1 Å².